The van der Waals surface area contributed by atoms with Crippen molar-refractivity contribution in [2.45, 2.75) is 25.4 Å². The van der Waals surface area contributed by atoms with Crippen LogP contribution in [0.4, 0.5) is 0 Å². The van der Waals surface area contributed by atoms with Gasteiger partial charge in [-0.05, 0) is 42.4 Å². The Hall–Kier alpha value is -1.21. The molecule has 5 heteroatoms. The molecule has 3 rings (SSSR count). The number of ether oxygens (including phenoxy) is 1. The van der Waals surface area contributed by atoms with Gasteiger partial charge in [0.1, 0.15) is 15.0 Å². The highest BCUT2D eigenvalue weighted by Gasteiger charge is 2.35. The van der Waals surface area contributed by atoms with E-state index in [2.05, 4.69) is 9.97 Å². The number of benzene rings is 1. The SMILES string of the molecule is CC1(c2nc(-c3ccccc3)c(I)c(=O)[nH]2)CCCO1. The number of rotatable bonds is 2. The molecule has 1 saturated heterocycles. The molecule has 0 amide bonds. The van der Waals surface area contributed by atoms with Crippen molar-refractivity contribution in [2.75, 3.05) is 6.61 Å². The minimum Gasteiger partial charge on any atom is -0.367 e. The molecule has 0 saturated carbocycles. The fourth-order valence-electron chi connectivity index (χ4n) is 2.46. The average molecular weight is 382 g/mol. The molecule has 0 bridgehead atoms. The van der Waals surface area contributed by atoms with E-state index in [1.807, 2.05) is 59.8 Å². The van der Waals surface area contributed by atoms with Crippen LogP contribution >= 0.6 is 22.6 Å². The van der Waals surface area contributed by atoms with Crippen LogP contribution in [0.1, 0.15) is 25.6 Å². The fourth-order valence-corrected chi connectivity index (χ4v) is 3.03. The smallest absolute Gasteiger partial charge is 0.265 e. The van der Waals surface area contributed by atoms with Crippen LogP contribution < -0.4 is 5.56 Å². The van der Waals surface area contributed by atoms with Gasteiger partial charge in [-0.3, -0.25) is 4.79 Å². The Balaban J connectivity index is 2.16. The molecular formula is C15H15IN2O2. The molecule has 1 aliphatic rings. The average Bonchev–Trinajstić information content (AvgIpc) is 2.91. The highest BCUT2D eigenvalue weighted by atomic mass is 127. The van der Waals surface area contributed by atoms with Gasteiger partial charge in [0.15, 0.2) is 0 Å². The number of H-pyrrole nitrogens is 1. The molecule has 1 aromatic heterocycles. The Kier molecular flexibility index (Phi) is 3.64. The quantitative estimate of drug-likeness (QED) is 0.813. The summed E-state index contributed by atoms with van der Waals surface area (Å²) in [5.41, 5.74) is 1.09. The van der Waals surface area contributed by atoms with Gasteiger partial charge in [-0.1, -0.05) is 30.3 Å². The van der Waals surface area contributed by atoms with Crippen LogP contribution in [0.25, 0.3) is 11.3 Å². The van der Waals surface area contributed by atoms with E-state index in [0.29, 0.717) is 16.0 Å². The van der Waals surface area contributed by atoms with Crippen LogP contribution in [0.3, 0.4) is 0 Å². The predicted octanol–water partition coefficient (Wildman–Crippen LogP) is 3.07. The van der Waals surface area contributed by atoms with Crippen molar-refractivity contribution in [3.63, 3.8) is 0 Å². The lowest BCUT2D eigenvalue weighted by atomic mass is 10.0. The second-order valence-corrected chi connectivity index (χ2v) is 6.20. The van der Waals surface area contributed by atoms with Crippen molar-refractivity contribution < 1.29 is 4.74 Å². The summed E-state index contributed by atoms with van der Waals surface area (Å²) in [6.45, 7) is 2.70. The molecule has 2 heterocycles. The number of hydrogen-bond acceptors (Lipinski definition) is 3. The molecule has 4 nitrogen and oxygen atoms in total. The number of aromatic nitrogens is 2. The van der Waals surface area contributed by atoms with Gasteiger partial charge < -0.3 is 9.72 Å². The van der Waals surface area contributed by atoms with Crippen LogP contribution in [0.5, 0.6) is 0 Å². The third-order valence-corrected chi connectivity index (χ3v) is 4.63. The van der Waals surface area contributed by atoms with Crippen LogP contribution in [0.2, 0.25) is 0 Å². The maximum atomic E-state index is 12.2. The molecule has 1 fully saturated rings. The van der Waals surface area contributed by atoms with Gasteiger partial charge in [0.25, 0.3) is 5.56 Å². The molecule has 1 aromatic carbocycles. The number of aromatic amines is 1. The van der Waals surface area contributed by atoms with E-state index >= 15 is 0 Å². The lowest BCUT2D eigenvalue weighted by molar-refractivity contribution is 0.00919. The topological polar surface area (TPSA) is 55.0 Å². The summed E-state index contributed by atoms with van der Waals surface area (Å²) >= 11 is 2.05. The Morgan fingerprint density at radius 2 is 2.10 bits per heavy atom. The fraction of sp³-hybridized carbons (Fsp3) is 0.333. The molecular weight excluding hydrogens is 367 g/mol. The van der Waals surface area contributed by atoms with Gasteiger partial charge in [-0.2, -0.15) is 0 Å². The zero-order chi connectivity index (χ0) is 14.2. The van der Waals surface area contributed by atoms with E-state index in [1.165, 1.54) is 0 Å². The maximum Gasteiger partial charge on any atom is 0.265 e. The van der Waals surface area contributed by atoms with Crippen molar-refractivity contribution >= 4 is 22.6 Å². The molecule has 0 radical (unpaired) electrons. The van der Waals surface area contributed by atoms with Crippen molar-refractivity contribution in [1.82, 2.24) is 9.97 Å². The molecule has 20 heavy (non-hydrogen) atoms. The third-order valence-electron chi connectivity index (χ3n) is 3.63. The standard InChI is InChI=1S/C15H15IN2O2/c1-15(8-5-9-20-15)14-17-12(11(16)13(19)18-14)10-6-3-2-4-7-10/h2-4,6-7H,5,8-9H2,1H3,(H,17,18,19). The Bertz CT molecular complexity index is 676. The molecule has 2 aromatic rings. The van der Waals surface area contributed by atoms with Crippen molar-refractivity contribution in [3.05, 3.63) is 50.1 Å². The zero-order valence-electron chi connectivity index (χ0n) is 11.1. The van der Waals surface area contributed by atoms with Crippen LogP contribution in [-0.4, -0.2) is 16.6 Å². The normalized spacial score (nSPS) is 22.1. The number of nitrogens with zero attached hydrogens (tertiary/aromatic N) is 1. The van der Waals surface area contributed by atoms with Crippen LogP contribution in [-0.2, 0) is 10.3 Å². The molecule has 1 unspecified atom stereocenters. The van der Waals surface area contributed by atoms with Crippen LogP contribution in [0, 0.1) is 3.57 Å². The predicted molar refractivity (Wildman–Crippen MR) is 85.5 cm³/mol. The van der Waals surface area contributed by atoms with Gasteiger partial charge >= 0.3 is 0 Å². The number of halogens is 1. The van der Waals surface area contributed by atoms with E-state index < -0.39 is 5.60 Å². The van der Waals surface area contributed by atoms with E-state index in [9.17, 15) is 4.79 Å². The first kappa shape index (κ1) is 13.8. The second kappa shape index (κ2) is 5.29. The van der Waals surface area contributed by atoms with Crippen LogP contribution in [0.15, 0.2) is 35.1 Å². The Labute approximate surface area is 130 Å². The summed E-state index contributed by atoms with van der Waals surface area (Å²) in [5.74, 6) is 0.624. The number of hydrogen-bond donors (Lipinski definition) is 1. The van der Waals surface area contributed by atoms with Crippen molar-refractivity contribution in [3.8, 4) is 11.3 Å². The summed E-state index contributed by atoms with van der Waals surface area (Å²) in [4.78, 5) is 19.7. The Morgan fingerprint density at radius 3 is 2.75 bits per heavy atom. The van der Waals surface area contributed by atoms with E-state index in [4.69, 9.17) is 4.74 Å². The first-order valence-corrected chi connectivity index (χ1v) is 7.68. The van der Waals surface area contributed by atoms with Gasteiger partial charge in [0, 0.05) is 12.2 Å². The lowest BCUT2D eigenvalue weighted by Gasteiger charge is -2.22. The summed E-state index contributed by atoms with van der Waals surface area (Å²) in [5, 5.41) is 0. The highest BCUT2D eigenvalue weighted by molar-refractivity contribution is 14.1. The van der Waals surface area contributed by atoms with Gasteiger partial charge in [0.05, 0.1) is 5.69 Å². The molecule has 1 atom stereocenters. The van der Waals surface area contributed by atoms with Gasteiger partial charge in [-0.15, -0.1) is 0 Å². The molecule has 0 aliphatic carbocycles. The van der Waals surface area contributed by atoms with Gasteiger partial charge in [0.2, 0.25) is 0 Å². The molecule has 104 valence electrons. The largest absolute Gasteiger partial charge is 0.367 e. The lowest BCUT2D eigenvalue weighted by Crippen LogP contribution is -2.28. The first-order valence-electron chi connectivity index (χ1n) is 6.60. The monoisotopic (exact) mass is 382 g/mol. The third kappa shape index (κ3) is 2.40. The second-order valence-electron chi connectivity index (χ2n) is 5.13. The summed E-state index contributed by atoms with van der Waals surface area (Å²) in [7, 11) is 0. The summed E-state index contributed by atoms with van der Waals surface area (Å²) in [6.07, 6.45) is 1.87. The number of nitrogens with one attached hydrogen (secondary N) is 1. The van der Waals surface area contributed by atoms with E-state index in [-0.39, 0.29) is 5.56 Å². The molecule has 0 spiro atoms. The first-order chi connectivity index (χ1) is 9.60. The highest BCUT2D eigenvalue weighted by Crippen LogP contribution is 2.34. The van der Waals surface area contributed by atoms with E-state index in [0.717, 1.165) is 24.1 Å². The minimum absolute atomic E-state index is 0.105. The van der Waals surface area contributed by atoms with Crippen molar-refractivity contribution in [2.24, 2.45) is 0 Å². The summed E-state index contributed by atoms with van der Waals surface area (Å²) < 4.78 is 6.39. The Morgan fingerprint density at radius 1 is 1.35 bits per heavy atom. The zero-order valence-corrected chi connectivity index (χ0v) is 13.3. The summed E-state index contributed by atoms with van der Waals surface area (Å²) in [6, 6.07) is 9.77. The van der Waals surface area contributed by atoms with E-state index in [1.54, 1.807) is 0 Å². The molecule has 1 N–H and O–H groups in total. The molecule has 1 aliphatic heterocycles. The van der Waals surface area contributed by atoms with Crippen molar-refractivity contribution in [1.29, 1.82) is 0 Å². The minimum atomic E-state index is -0.479. The van der Waals surface area contributed by atoms with Gasteiger partial charge in [-0.25, -0.2) is 4.98 Å². The maximum absolute atomic E-state index is 12.2.